The van der Waals surface area contributed by atoms with Gasteiger partial charge in [0.25, 0.3) is 0 Å². The Morgan fingerprint density at radius 2 is 2.60 bits per heavy atom. The van der Waals surface area contributed by atoms with Crippen molar-refractivity contribution in [1.29, 1.82) is 0 Å². The van der Waals surface area contributed by atoms with E-state index in [-0.39, 0.29) is 0 Å². The van der Waals surface area contributed by atoms with E-state index in [2.05, 4.69) is 6.58 Å². The second-order valence-electron chi connectivity index (χ2n) is 0.781. The molecule has 0 aromatic rings. The molecule has 3 heteroatoms. The topological polar surface area (TPSA) is 19.9 Å². The minimum atomic E-state index is -0.744. The van der Waals surface area contributed by atoms with Gasteiger partial charge in [0.1, 0.15) is 0 Å². The molecule has 1 nitrogen and oxygen atoms in total. The van der Waals surface area contributed by atoms with Crippen LogP contribution in [-0.4, -0.2) is 27.6 Å². The van der Waals surface area contributed by atoms with E-state index in [4.69, 9.17) is 0 Å². The van der Waals surface area contributed by atoms with Crippen molar-refractivity contribution in [3.63, 3.8) is 0 Å². The van der Waals surface area contributed by atoms with Gasteiger partial charge in [-0.3, -0.25) is 0 Å². The van der Waals surface area contributed by atoms with Crippen molar-refractivity contribution in [3.05, 3.63) is 10.7 Å². The SMILES string of the molecule is C=[CH][SnH2][SiH2][O]. The van der Waals surface area contributed by atoms with Gasteiger partial charge in [-0.15, -0.1) is 0 Å². The van der Waals surface area contributed by atoms with Gasteiger partial charge in [0, 0.05) is 0 Å². The zero-order chi connectivity index (χ0) is 4.12. The Hall–Kier alpha value is 0.716. The van der Waals surface area contributed by atoms with E-state index in [0.29, 0.717) is 0 Å². The molecule has 0 rings (SSSR count). The van der Waals surface area contributed by atoms with Crippen molar-refractivity contribution in [2.45, 2.75) is 0 Å². The van der Waals surface area contributed by atoms with Gasteiger partial charge in [-0.05, 0) is 0 Å². The van der Waals surface area contributed by atoms with Crippen LogP contribution in [0.25, 0.3) is 0 Å². The van der Waals surface area contributed by atoms with E-state index in [1.165, 1.54) is 0 Å². The van der Waals surface area contributed by atoms with Crippen LogP contribution in [0.4, 0.5) is 0 Å². The van der Waals surface area contributed by atoms with Gasteiger partial charge < -0.3 is 0 Å². The first-order valence-corrected chi connectivity index (χ1v) is 14.1. The van der Waals surface area contributed by atoms with Crippen molar-refractivity contribution in [2.75, 3.05) is 0 Å². The standard InChI is InChI=1S/C2H3.H2OSi.Sn.2H/c2*1-2;;;/h1H,2H2;2H2;;;. The summed E-state index contributed by atoms with van der Waals surface area (Å²) in [5, 5.41) is 0. The molecule has 0 fully saturated rings. The predicted octanol–water partition coefficient (Wildman–Crippen LogP) is -1.27. The average Bonchev–Trinajstić information content (AvgIpc) is 1.41. The van der Waals surface area contributed by atoms with E-state index >= 15 is 0 Å². The van der Waals surface area contributed by atoms with Crippen LogP contribution in [0, 0.1) is 0 Å². The normalized spacial score (nSPS) is 12.2. The van der Waals surface area contributed by atoms with Gasteiger partial charge in [-0.1, -0.05) is 0 Å². The van der Waals surface area contributed by atoms with Gasteiger partial charge >= 0.3 is 43.1 Å². The Bertz CT molecular complexity index is 30.8. The predicted molar refractivity (Wildman–Crippen MR) is 28.0 cm³/mol. The number of hydrogen-bond acceptors (Lipinski definition) is 0. The zero-order valence-electron chi connectivity index (χ0n) is 3.11. The molecule has 0 amide bonds. The summed E-state index contributed by atoms with van der Waals surface area (Å²) >= 11 is -0.711. The van der Waals surface area contributed by atoms with E-state index in [9.17, 15) is 4.80 Å². The molecule has 29 valence electrons. The third-order valence-corrected chi connectivity index (χ3v) is 6.48. The third-order valence-electron chi connectivity index (χ3n) is 0.322. The Kier molecular flexibility index (Phi) is 5.39. The first kappa shape index (κ1) is 5.72. The molecule has 0 aromatic carbocycles. The second-order valence-corrected chi connectivity index (χ2v) is 11.9. The van der Waals surface area contributed by atoms with E-state index < -0.39 is 27.6 Å². The Balaban J connectivity index is 2.40. The molecule has 0 spiro atoms. The summed E-state index contributed by atoms with van der Waals surface area (Å²) in [5.41, 5.74) is 0. The van der Waals surface area contributed by atoms with Crippen molar-refractivity contribution in [3.8, 4) is 0 Å². The second kappa shape index (κ2) is 4.72. The average molecular weight is 194 g/mol. The molecule has 0 unspecified atom stereocenters. The maximum absolute atomic E-state index is 9.69. The summed E-state index contributed by atoms with van der Waals surface area (Å²) < 4.78 is 1.89. The fraction of sp³-hybridized carbons (Fsp3) is 0. The molecular formula is C2H7OSiSn. The molecule has 0 saturated heterocycles. The van der Waals surface area contributed by atoms with Gasteiger partial charge in [0.15, 0.2) is 0 Å². The fourth-order valence-electron chi connectivity index (χ4n) is 0.0833. The Morgan fingerprint density at radius 1 is 2.00 bits per heavy atom. The molecule has 0 heterocycles. The van der Waals surface area contributed by atoms with Crippen molar-refractivity contribution >= 4 is 27.6 Å². The quantitative estimate of drug-likeness (QED) is 0.488. The van der Waals surface area contributed by atoms with E-state index in [1.807, 2.05) is 4.09 Å². The van der Waals surface area contributed by atoms with Crippen LogP contribution in [0.2, 0.25) is 0 Å². The van der Waals surface area contributed by atoms with Crippen LogP contribution in [0.5, 0.6) is 0 Å². The first-order chi connectivity index (χ1) is 2.41. The zero-order valence-corrected chi connectivity index (χ0v) is 8.56. The van der Waals surface area contributed by atoms with Crippen LogP contribution < -0.4 is 0 Å². The summed E-state index contributed by atoms with van der Waals surface area (Å²) in [6, 6.07) is 0. The van der Waals surface area contributed by atoms with Crippen molar-refractivity contribution in [2.24, 2.45) is 0 Å². The van der Waals surface area contributed by atoms with Crippen molar-refractivity contribution in [1.82, 2.24) is 0 Å². The Morgan fingerprint density at radius 3 is 2.60 bits per heavy atom. The molecule has 0 aromatic heterocycles. The van der Waals surface area contributed by atoms with E-state index in [1.54, 1.807) is 0 Å². The summed E-state index contributed by atoms with van der Waals surface area (Å²) in [6.07, 6.45) is 0. The van der Waals surface area contributed by atoms with Gasteiger partial charge in [-0.25, -0.2) is 0 Å². The van der Waals surface area contributed by atoms with Crippen LogP contribution >= 0.6 is 0 Å². The fourth-order valence-corrected chi connectivity index (χ4v) is 1.68. The van der Waals surface area contributed by atoms with Crippen molar-refractivity contribution < 1.29 is 4.80 Å². The molecule has 0 aliphatic carbocycles. The molecule has 5 heavy (non-hydrogen) atoms. The monoisotopic (exact) mass is 195 g/mol. The summed E-state index contributed by atoms with van der Waals surface area (Å²) in [4.78, 5) is 9.69. The summed E-state index contributed by atoms with van der Waals surface area (Å²) in [7, 11) is -0.744. The number of rotatable bonds is 2. The molecule has 0 saturated carbocycles. The summed E-state index contributed by atoms with van der Waals surface area (Å²) in [5.74, 6) is 0. The molecule has 1 radical (unpaired) electrons. The van der Waals surface area contributed by atoms with E-state index in [0.717, 1.165) is 0 Å². The third kappa shape index (κ3) is 4.72. The van der Waals surface area contributed by atoms with Crippen LogP contribution in [-0.2, 0) is 4.80 Å². The van der Waals surface area contributed by atoms with Crippen LogP contribution in [0.1, 0.15) is 0 Å². The summed E-state index contributed by atoms with van der Waals surface area (Å²) in [6.45, 7) is 3.48. The van der Waals surface area contributed by atoms with Gasteiger partial charge in [0.05, 0.1) is 0 Å². The van der Waals surface area contributed by atoms with Crippen LogP contribution in [0.3, 0.4) is 0 Å². The molecule has 0 N–H and O–H groups in total. The first-order valence-electron chi connectivity index (χ1n) is 1.61. The van der Waals surface area contributed by atoms with Crippen LogP contribution in [0.15, 0.2) is 10.7 Å². The molecule has 0 aliphatic heterocycles. The number of hydrogen-bond donors (Lipinski definition) is 0. The molecular weight excluding hydrogens is 187 g/mol. The Labute approximate surface area is 43.3 Å². The van der Waals surface area contributed by atoms with Gasteiger partial charge in [0.2, 0.25) is 0 Å². The minimum absolute atomic E-state index is 0.711. The molecule has 0 aliphatic rings. The maximum atomic E-state index is 9.69. The molecule has 0 atom stereocenters. The van der Waals surface area contributed by atoms with Gasteiger partial charge in [-0.2, -0.15) is 0 Å². The molecule has 0 bridgehead atoms.